The van der Waals surface area contributed by atoms with Gasteiger partial charge in [-0.15, -0.1) is 0 Å². The van der Waals surface area contributed by atoms with E-state index >= 15 is 0 Å². The molecule has 3 aromatic carbocycles. The summed E-state index contributed by atoms with van der Waals surface area (Å²) < 4.78 is 0. The molecule has 0 amide bonds. The summed E-state index contributed by atoms with van der Waals surface area (Å²) >= 11 is 0. The molecule has 0 fully saturated rings. The second kappa shape index (κ2) is 3.30. The van der Waals surface area contributed by atoms with Gasteiger partial charge in [-0.05, 0) is 21.9 Å². The minimum atomic E-state index is 0.634. The van der Waals surface area contributed by atoms with Gasteiger partial charge in [0.05, 0.1) is 5.71 Å². The summed E-state index contributed by atoms with van der Waals surface area (Å²) in [5.41, 5.74) is 5.13. The first-order chi connectivity index (χ1) is 8.86. The van der Waals surface area contributed by atoms with Crippen molar-refractivity contribution < 1.29 is 0 Å². The summed E-state index contributed by atoms with van der Waals surface area (Å²) in [6, 6.07) is 20.7. The number of rotatable bonds is 0. The first-order valence-corrected chi connectivity index (χ1v) is 6.07. The lowest BCUT2D eigenvalue weighted by Crippen LogP contribution is -2.09. The molecule has 0 heterocycles. The molecule has 0 unspecified atom stereocenters. The molecule has 0 saturated carbocycles. The van der Waals surface area contributed by atoms with Gasteiger partial charge in [0, 0.05) is 11.1 Å². The van der Waals surface area contributed by atoms with Crippen molar-refractivity contribution in [3.63, 3.8) is 0 Å². The third-order valence-electron chi connectivity index (χ3n) is 3.66. The summed E-state index contributed by atoms with van der Waals surface area (Å²) in [6.07, 6.45) is 0. The van der Waals surface area contributed by atoms with E-state index in [1.54, 1.807) is 0 Å². The number of fused-ring (bicyclic) bond motifs is 2. The van der Waals surface area contributed by atoms with Crippen LogP contribution in [0.5, 0.6) is 0 Å². The molecule has 1 nitrogen and oxygen atoms in total. The van der Waals surface area contributed by atoms with Gasteiger partial charge in [0.2, 0.25) is 0 Å². The Kier molecular flexibility index (Phi) is 1.76. The molecule has 0 saturated heterocycles. The minimum absolute atomic E-state index is 0.634. The lowest BCUT2D eigenvalue weighted by Gasteiger charge is -2.21. The third-order valence-corrected chi connectivity index (χ3v) is 3.66. The molecule has 1 aliphatic carbocycles. The van der Waals surface area contributed by atoms with E-state index < -0.39 is 0 Å². The predicted molar refractivity (Wildman–Crippen MR) is 75.3 cm³/mol. The molecule has 3 aromatic rings. The Morgan fingerprint density at radius 2 is 1.17 bits per heavy atom. The molecule has 1 N–H and O–H groups in total. The van der Waals surface area contributed by atoms with Gasteiger partial charge >= 0.3 is 0 Å². The Morgan fingerprint density at radius 1 is 0.556 bits per heavy atom. The van der Waals surface area contributed by atoms with Crippen molar-refractivity contribution in [3.8, 4) is 11.1 Å². The molecule has 0 spiro atoms. The molecule has 0 radical (unpaired) electrons. The SMILES string of the molecule is N=C1c2ccccc2-c2cccc3cccc1c23. The van der Waals surface area contributed by atoms with Crippen molar-refractivity contribution in [1.82, 2.24) is 0 Å². The largest absolute Gasteiger partial charge is 0.300 e. The first kappa shape index (κ1) is 9.60. The molecular formula is C17H11N. The maximum absolute atomic E-state index is 8.39. The molecule has 1 aliphatic rings. The summed E-state index contributed by atoms with van der Waals surface area (Å²) in [7, 11) is 0. The average Bonchev–Trinajstić information content (AvgIpc) is 2.44. The lowest BCUT2D eigenvalue weighted by molar-refractivity contribution is 1.45. The standard InChI is InChI=1S/C17H11N/c18-17-14-8-2-1-7-12(14)13-9-3-5-11-6-4-10-15(17)16(11)13/h1-10,18H. The molecule has 84 valence electrons. The van der Waals surface area contributed by atoms with E-state index in [4.69, 9.17) is 5.41 Å². The van der Waals surface area contributed by atoms with Crippen LogP contribution in [0.25, 0.3) is 21.9 Å². The van der Waals surface area contributed by atoms with Crippen molar-refractivity contribution in [2.24, 2.45) is 0 Å². The Bertz CT molecular complexity index is 794. The van der Waals surface area contributed by atoms with Crippen molar-refractivity contribution in [1.29, 1.82) is 5.41 Å². The van der Waals surface area contributed by atoms with Crippen LogP contribution in [-0.2, 0) is 0 Å². The number of benzene rings is 3. The molecule has 0 aromatic heterocycles. The Hall–Kier alpha value is -2.41. The van der Waals surface area contributed by atoms with E-state index in [9.17, 15) is 0 Å². The van der Waals surface area contributed by atoms with Crippen LogP contribution in [0.3, 0.4) is 0 Å². The van der Waals surface area contributed by atoms with Crippen LogP contribution in [0.15, 0.2) is 60.7 Å². The van der Waals surface area contributed by atoms with Crippen molar-refractivity contribution in [3.05, 3.63) is 71.8 Å². The van der Waals surface area contributed by atoms with E-state index in [0.717, 1.165) is 11.1 Å². The molecule has 0 atom stereocenters. The zero-order chi connectivity index (χ0) is 12.1. The lowest BCUT2D eigenvalue weighted by atomic mass is 9.82. The fraction of sp³-hybridized carbons (Fsp3) is 0. The summed E-state index contributed by atoms with van der Waals surface area (Å²) in [6.45, 7) is 0. The topological polar surface area (TPSA) is 23.9 Å². The Labute approximate surface area is 105 Å². The fourth-order valence-corrected chi connectivity index (χ4v) is 2.85. The summed E-state index contributed by atoms with van der Waals surface area (Å²) in [5.74, 6) is 0. The molecule has 0 aliphatic heterocycles. The van der Waals surface area contributed by atoms with Gasteiger partial charge in [-0.25, -0.2) is 0 Å². The smallest absolute Gasteiger partial charge is 0.0697 e. The highest BCUT2D eigenvalue weighted by atomic mass is 14.4. The second-order valence-corrected chi connectivity index (χ2v) is 4.63. The van der Waals surface area contributed by atoms with Gasteiger partial charge in [-0.3, -0.25) is 5.41 Å². The van der Waals surface area contributed by atoms with Crippen molar-refractivity contribution in [2.75, 3.05) is 0 Å². The second-order valence-electron chi connectivity index (χ2n) is 4.63. The maximum atomic E-state index is 8.39. The van der Waals surface area contributed by atoms with E-state index in [1.807, 2.05) is 30.3 Å². The monoisotopic (exact) mass is 229 g/mol. The van der Waals surface area contributed by atoms with Crippen LogP contribution >= 0.6 is 0 Å². The van der Waals surface area contributed by atoms with Crippen LogP contribution in [0.4, 0.5) is 0 Å². The van der Waals surface area contributed by atoms with E-state index in [-0.39, 0.29) is 0 Å². The number of hydrogen-bond acceptors (Lipinski definition) is 1. The highest BCUT2D eigenvalue weighted by Crippen LogP contribution is 2.38. The summed E-state index contributed by atoms with van der Waals surface area (Å²) in [4.78, 5) is 0. The average molecular weight is 229 g/mol. The number of hydrogen-bond donors (Lipinski definition) is 1. The highest BCUT2D eigenvalue weighted by molar-refractivity contribution is 6.26. The van der Waals surface area contributed by atoms with Crippen LogP contribution < -0.4 is 0 Å². The molecule has 1 heteroatoms. The van der Waals surface area contributed by atoms with Crippen LogP contribution in [0.1, 0.15) is 11.1 Å². The number of nitrogens with one attached hydrogen (secondary N) is 1. The molecule has 18 heavy (non-hydrogen) atoms. The van der Waals surface area contributed by atoms with Crippen molar-refractivity contribution in [2.45, 2.75) is 0 Å². The molecular weight excluding hydrogens is 218 g/mol. The maximum Gasteiger partial charge on any atom is 0.0697 e. The fourth-order valence-electron chi connectivity index (χ4n) is 2.85. The Balaban J connectivity index is 2.28. The van der Waals surface area contributed by atoms with Gasteiger partial charge in [0.1, 0.15) is 0 Å². The van der Waals surface area contributed by atoms with E-state index in [2.05, 4.69) is 30.3 Å². The van der Waals surface area contributed by atoms with Gasteiger partial charge in [-0.1, -0.05) is 60.7 Å². The minimum Gasteiger partial charge on any atom is -0.300 e. The highest BCUT2D eigenvalue weighted by Gasteiger charge is 2.21. The Morgan fingerprint density at radius 3 is 1.94 bits per heavy atom. The van der Waals surface area contributed by atoms with Gasteiger partial charge < -0.3 is 0 Å². The molecule has 4 rings (SSSR count). The third kappa shape index (κ3) is 1.08. The van der Waals surface area contributed by atoms with Crippen LogP contribution in [0.2, 0.25) is 0 Å². The van der Waals surface area contributed by atoms with Gasteiger partial charge in [0.15, 0.2) is 0 Å². The van der Waals surface area contributed by atoms with E-state index in [0.29, 0.717) is 5.71 Å². The predicted octanol–water partition coefficient (Wildman–Crippen LogP) is 4.24. The zero-order valence-electron chi connectivity index (χ0n) is 9.77. The zero-order valence-corrected chi connectivity index (χ0v) is 9.77. The van der Waals surface area contributed by atoms with Crippen LogP contribution in [-0.4, -0.2) is 5.71 Å². The van der Waals surface area contributed by atoms with Crippen molar-refractivity contribution >= 4 is 16.5 Å². The van der Waals surface area contributed by atoms with Gasteiger partial charge in [0.25, 0.3) is 0 Å². The summed E-state index contributed by atoms with van der Waals surface area (Å²) in [5, 5.41) is 10.8. The van der Waals surface area contributed by atoms with Crippen LogP contribution in [0, 0.1) is 5.41 Å². The molecule has 0 bridgehead atoms. The van der Waals surface area contributed by atoms with E-state index in [1.165, 1.54) is 21.9 Å². The van der Waals surface area contributed by atoms with Gasteiger partial charge in [-0.2, -0.15) is 0 Å². The quantitative estimate of drug-likeness (QED) is 0.466. The normalized spacial score (nSPS) is 12.6. The first-order valence-electron chi connectivity index (χ1n) is 6.07.